The van der Waals surface area contributed by atoms with Crippen LogP contribution in [0.15, 0.2) is 18.2 Å². The minimum Gasteiger partial charge on any atom is -0.448 e. The van der Waals surface area contributed by atoms with Crippen molar-refractivity contribution in [1.82, 2.24) is 5.32 Å². The Balaban J connectivity index is 2.50. The van der Waals surface area contributed by atoms with Crippen LogP contribution >= 0.6 is 23.2 Å². The number of halogens is 2. The number of rotatable bonds is 4. The molecule has 3 N–H and O–H groups in total. The van der Waals surface area contributed by atoms with Gasteiger partial charge in [0.2, 0.25) is 0 Å². The summed E-state index contributed by atoms with van der Waals surface area (Å²) >= 11 is 11.8. The zero-order chi connectivity index (χ0) is 12.8. The van der Waals surface area contributed by atoms with Gasteiger partial charge in [0.15, 0.2) is 0 Å². The zero-order valence-electron chi connectivity index (χ0n) is 9.37. The van der Waals surface area contributed by atoms with E-state index in [0.717, 1.165) is 5.56 Å². The number of hydrogen-bond donors (Lipinski definition) is 2. The third-order valence-corrected chi connectivity index (χ3v) is 2.72. The summed E-state index contributed by atoms with van der Waals surface area (Å²) in [5, 5.41) is 3.48. The Morgan fingerprint density at radius 1 is 1.53 bits per heavy atom. The van der Waals surface area contributed by atoms with Gasteiger partial charge in [-0.1, -0.05) is 29.3 Å². The Bertz CT molecular complexity index is 399. The number of nitrogens with two attached hydrogens (primary N) is 1. The van der Waals surface area contributed by atoms with E-state index in [0.29, 0.717) is 16.5 Å². The Hall–Kier alpha value is -0.970. The second-order valence-corrected chi connectivity index (χ2v) is 4.39. The summed E-state index contributed by atoms with van der Waals surface area (Å²) in [5.74, 6) is 0. The number of nitrogens with one attached hydrogen (secondary N) is 1. The molecule has 1 aromatic rings. The van der Waals surface area contributed by atoms with Crippen LogP contribution in [0.3, 0.4) is 0 Å². The number of alkyl carbamates (subject to hydrolysis) is 1. The molecule has 6 heteroatoms. The third-order valence-electron chi connectivity index (χ3n) is 2.13. The van der Waals surface area contributed by atoms with E-state index in [2.05, 4.69) is 5.32 Å². The standard InChI is InChI=1S/C11H14Cl2N2O2/c1-15-11(16)17-6-9(14)4-7-2-3-8(12)5-10(7)13/h2-3,5,9H,4,6,14H2,1H3,(H,15,16). The monoisotopic (exact) mass is 276 g/mol. The second kappa shape index (κ2) is 6.69. The average Bonchev–Trinajstić information content (AvgIpc) is 2.29. The molecule has 17 heavy (non-hydrogen) atoms. The maximum Gasteiger partial charge on any atom is 0.406 e. The predicted octanol–water partition coefficient (Wildman–Crippen LogP) is 2.22. The van der Waals surface area contributed by atoms with Gasteiger partial charge in [-0.05, 0) is 24.1 Å². The van der Waals surface area contributed by atoms with Crippen molar-refractivity contribution in [2.75, 3.05) is 13.7 Å². The van der Waals surface area contributed by atoms with Crippen molar-refractivity contribution in [3.8, 4) is 0 Å². The molecular formula is C11H14Cl2N2O2. The first kappa shape index (κ1) is 14.1. The molecule has 0 saturated carbocycles. The van der Waals surface area contributed by atoms with Crippen LogP contribution in [0.4, 0.5) is 4.79 Å². The molecule has 1 unspecified atom stereocenters. The van der Waals surface area contributed by atoms with Gasteiger partial charge in [0.25, 0.3) is 0 Å². The fourth-order valence-electron chi connectivity index (χ4n) is 1.28. The van der Waals surface area contributed by atoms with Crippen molar-refractivity contribution in [2.45, 2.75) is 12.5 Å². The van der Waals surface area contributed by atoms with Gasteiger partial charge < -0.3 is 15.8 Å². The lowest BCUT2D eigenvalue weighted by Crippen LogP contribution is -2.32. The lowest BCUT2D eigenvalue weighted by atomic mass is 10.1. The van der Waals surface area contributed by atoms with Crippen molar-refractivity contribution >= 4 is 29.3 Å². The molecule has 4 nitrogen and oxygen atoms in total. The van der Waals surface area contributed by atoms with Crippen LogP contribution in [0.2, 0.25) is 10.0 Å². The van der Waals surface area contributed by atoms with Crippen molar-refractivity contribution in [3.05, 3.63) is 33.8 Å². The topological polar surface area (TPSA) is 64.3 Å². The van der Waals surface area contributed by atoms with Crippen LogP contribution in [0.25, 0.3) is 0 Å². The number of hydrogen-bond acceptors (Lipinski definition) is 3. The third kappa shape index (κ3) is 4.81. The molecule has 0 saturated heterocycles. The van der Waals surface area contributed by atoms with Crippen LogP contribution in [0, 0.1) is 0 Å². The normalized spacial score (nSPS) is 12.0. The van der Waals surface area contributed by atoms with Gasteiger partial charge in [-0.2, -0.15) is 0 Å². The largest absolute Gasteiger partial charge is 0.448 e. The molecule has 1 rings (SSSR count). The van der Waals surface area contributed by atoms with Gasteiger partial charge in [0.05, 0.1) is 0 Å². The molecular weight excluding hydrogens is 263 g/mol. The molecule has 0 aliphatic rings. The first-order chi connectivity index (χ1) is 8.02. The zero-order valence-corrected chi connectivity index (χ0v) is 10.9. The highest BCUT2D eigenvalue weighted by molar-refractivity contribution is 6.35. The molecule has 0 spiro atoms. The Morgan fingerprint density at radius 3 is 2.82 bits per heavy atom. The molecule has 0 bridgehead atoms. The summed E-state index contributed by atoms with van der Waals surface area (Å²) in [6.45, 7) is 0.138. The second-order valence-electron chi connectivity index (χ2n) is 3.55. The minimum atomic E-state index is -0.498. The molecule has 0 aromatic heterocycles. The molecule has 0 fully saturated rings. The quantitative estimate of drug-likeness (QED) is 0.886. The molecule has 0 aliphatic heterocycles. The minimum absolute atomic E-state index is 0.138. The van der Waals surface area contributed by atoms with E-state index in [-0.39, 0.29) is 12.6 Å². The number of benzene rings is 1. The van der Waals surface area contributed by atoms with Crippen molar-refractivity contribution in [3.63, 3.8) is 0 Å². The summed E-state index contributed by atoms with van der Waals surface area (Å²) in [6.07, 6.45) is 0.0233. The fourth-order valence-corrected chi connectivity index (χ4v) is 1.77. The first-order valence-corrected chi connectivity index (χ1v) is 5.82. The van der Waals surface area contributed by atoms with Crippen molar-refractivity contribution in [2.24, 2.45) is 5.73 Å². The number of carbonyl (C=O) groups is 1. The van der Waals surface area contributed by atoms with E-state index in [9.17, 15) is 4.79 Å². The molecule has 1 atom stereocenters. The maximum absolute atomic E-state index is 10.8. The van der Waals surface area contributed by atoms with Gasteiger partial charge in [-0.3, -0.25) is 0 Å². The Kier molecular flexibility index (Phi) is 5.55. The smallest absolute Gasteiger partial charge is 0.406 e. The Morgan fingerprint density at radius 2 is 2.24 bits per heavy atom. The highest BCUT2D eigenvalue weighted by Crippen LogP contribution is 2.21. The molecule has 1 amide bonds. The van der Waals surface area contributed by atoms with Crippen LogP contribution in [-0.2, 0) is 11.2 Å². The van der Waals surface area contributed by atoms with Gasteiger partial charge in [0, 0.05) is 23.1 Å². The predicted molar refractivity (Wildman–Crippen MR) is 68.5 cm³/mol. The molecule has 0 aliphatic carbocycles. The number of ether oxygens (including phenoxy) is 1. The van der Waals surface area contributed by atoms with E-state index in [1.165, 1.54) is 7.05 Å². The lowest BCUT2D eigenvalue weighted by molar-refractivity contribution is 0.141. The summed E-state index contributed by atoms with van der Waals surface area (Å²) in [6, 6.07) is 4.91. The highest BCUT2D eigenvalue weighted by atomic mass is 35.5. The van der Waals surface area contributed by atoms with Gasteiger partial charge in [-0.25, -0.2) is 4.79 Å². The lowest BCUT2D eigenvalue weighted by Gasteiger charge is -2.13. The summed E-state index contributed by atoms with van der Waals surface area (Å²) < 4.78 is 4.84. The van der Waals surface area contributed by atoms with Gasteiger partial charge in [0.1, 0.15) is 6.61 Å². The molecule has 1 aromatic carbocycles. The Labute approximate surface area is 110 Å². The number of amides is 1. The summed E-state index contributed by atoms with van der Waals surface area (Å²) in [4.78, 5) is 10.8. The SMILES string of the molecule is CNC(=O)OCC(N)Cc1ccc(Cl)cc1Cl. The fraction of sp³-hybridized carbons (Fsp3) is 0.364. The first-order valence-electron chi connectivity index (χ1n) is 5.07. The van der Waals surface area contributed by atoms with Crippen molar-refractivity contribution < 1.29 is 9.53 Å². The summed E-state index contributed by atoms with van der Waals surface area (Å²) in [5.41, 5.74) is 6.70. The van der Waals surface area contributed by atoms with E-state index in [1.54, 1.807) is 12.1 Å². The van der Waals surface area contributed by atoms with Crippen LogP contribution in [0.5, 0.6) is 0 Å². The van der Waals surface area contributed by atoms with E-state index in [4.69, 9.17) is 33.7 Å². The van der Waals surface area contributed by atoms with Gasteiger partial charge in [-0.15, -0.1) is 0 Å². The summed E-state index contributed by atoms with van der Waals surface area (Å²) in [7, 11) is 1.49. The van der Waals surface area contributed by atoms with E-state index in [1.807, 2.05) is 6.07 Å². The molecule has 94 valence electrons. The maximum atomic E-state index is 10.8. The van der Waals surface area contributed by atoms with Gasteiger partial charge >= 0.3 is 6.09 Å². The van der Waals surface area contributed by atoms with E-state index < -0.39 is 6.09 Å². The molecule has 0 radical (unpaired) electrons. The number of carbonyl (C=O) groups excluding carboxylic acids is 1. The molecule has 0 heterocycles. The van der Waals surface area contributed by atoms with Crippen LogP contribution < -0.4 is 11.1 Å². The average molecular weight is 277 g/mol. The highest BCUT2D eigenvalue weighted by Gasteiger charge is 2.10. The van der Waals surface area contributed by atoms with Crippen LogP contribution in [-0.4, -0.2) is 25.8 Å². The van der Waals surface area contributed by atoms with Crippen molar-refractivity contribution in [1.29, 1.82) is 0 Å². The van der Waals surface area contributed by atoms with Crippen LogP contribution in [0.1, 0.15) is 5.56 Å². The van der Waals surface area contributed by atoms with E-state index >= 15 is 0 Å².